The summed E-state index contributed by atoms with van der Waals surface area (Å²) in [6.07, 6.45) is 1.84. The number of halogens is 1. The largest absolute Gasteiger partial charge is 0.369 e. The first kappa shape index (κ1) is 20.5. The highest BCUT2D eigenvalue weighted by Gasteiger charge is 2.22. The quantitative estimate of drug-likeness (QED) is 0.567. The summed E-state index contributed by atoms with van der Waals surface area (Å²) in [6.45, 7) is 11.9. The van der Waals surface area contributed by atoms with Crippen molar-refractivity contribution in [3.63, 3.8) is 0 Å². The molecule has 0 radical (unpaired) electrons. The molecule has 0 saturated carbocycles. The van der Waals surface area contributed by atoms with E-state index in [1.807, 2.05) is 11.6 Å². The second-order valence-corrected chi connectivity index (χ2v) is 7.98. The predicted molar refractivity (Wildman–Crippen MR) is 122 cm³/mol. The summed E-state index contributed by atoms with van der Waals surface area (Å²) in [5.74, 6) is 0.536. The molecule has 28 heavy (non-hydrogen) atoms. The Morgan fingerprint density at radius 1 is 1.11 bits per heavy atom. The molecule has 150 valence electrons. The average molecular weight is 399 g/mol. The van der Waals surface area contributed by atoms with Gasteiger partial charge in [-0.05, 0) is 74.6 Å². The molecule has 0 aliphatic carbocycles. The summed E-state index contributed by atoms with van der Waals surface area (Å²) in [4.78, 5) is 7.17. The number of rotatable bonds is 6. The minimum Gasteiger partial charge on any atom is -0.369 e. The highest BCUT2D eigenvalue weighted by Crippen LogP contribution is 2.40. The van der Waals surface area contributed by atoms with Crippen LogP contribution in [0.5, 0.6) is 0 Å². The van der Waals surface area contributed by atoms with Crippen LogP contribution in [0.1, 0.15) is 45.7 Å². The molecule has 0 bridgehead atoms. The molecule has 2 N–H and O–H groups in total. The van der Waals surface area contributed by atoms with Gasteiger partial charge in [-0.2, -0.15) is 0 Å². The first-order valence-electron chi connectivity index (χ1n) is 10.2. The summed E-state index contributed by atoms with van der Waals surface area (Å²) in [6, 6.07) is 8.97. The van der Waals surface area contributed by atoms with E-state index < -0.39 is 0 Å². The lowest BCUT2D eigenvalue weighted by molar-refractivity contribution is 0.704. The second kappa shape index (κ2) is 8.04. The van der Waals surface area contributed by atoms with Crippen LogP contribution in [-0.4, -0.2) is 22.1 Å². The first-order valence-corrected chi connectivity index (χ1v) is 10.5. The van der Waals surface area contributed by atoms with E-state index in [4.69, 9.17) is 22.3 Å². The number of aromatic nitrogens is 2. The maximum atomic E-state index is 6.39. The third kappa shape index (κ3) is 3.35. The lowest BCUT2D eigenvalue weighted by Crippen LogP contribution is -2.30. The van der Waals surface area contributed by atoms with Gasteiger partial charge in [0.25, 0.3) is 0 Å². The Balaban J connectivity index is 2.39. The smallest absolute Gasteiger partial charge is 0.201 e. The molecule has 0 amide bonds. The van der Waals surface area contributed by atoms with E-state index >= 15 is 0 Å². The van der Waals surface area contributed by atoms with E-state index in [0.717, 1.165) is 41.0 Å². The molecule has 0 unspecified atom stereocenters. The van der Waals surface area contributed by atoms with Gasteiger partial charge in [0, 0.05) is 30.2 Å². The van der Waals surface area contributed by atoms with Crippen molar-refractivity contribution in [2.45, 2.75) is 53.5 Å². The van der Waals surface area contributed by atoms with Crippen LogP contribution in [0, 0.1) is 0 Å². The van der Waals surface area contributed by atoms with Gasteiger partial charge in [0.15, 0.2) is 0 Å². The fourth-order valence-electron chi connectivity index (χ4n) is 4.19. The molecule has 1 heterocycles. The fourth-order valence-corrected chi connectivity index (χ4v) is 4.46. The molecule has 2 aromatic carbocycles. The Labute approximate surface area is 173 Å². The zero-order valence-electron chi connectivity index (χ0n) is 17.8. The molecule has 0 aliphatic heterocycles. The van der Waals surface area contributed by atoms with E-state index in [1.54, 1.807) is 0 Å². The minimum atomic E-state index is 0.392. The van der Waals surface area contributed by atoms with Crippen LogP contribution in [0.3, 0.4) is 0 Å². The van der Waals surface area contributed by atoms with Gasteiger partial charge in [0.05, 0.1) is 11.2 Å². The van der Waals surface area contributed by atoms with Crippen molar-refractivity contribution in [1.82, 2.24) is 9.55 Å². The summed E-state index contributed by atoms with van der Waals surface area (Å²) in [7, 11) is 2.00. The van der Waals surface area contributed by atoms with Gasteiger partial charge in [0.1, 0.15) is 5.52 Å². The number of nitrogens with two attached hydrogens (primary N) is 1. The Bertz CT molecular complexity index is 978. The molecule has 0 saturated heterocycles. The highest BCUT2D eigenvalue weighted by molar-refractivity contribution is 6.30. The van der Waals surface area contributed by atoms with Crippen LogP contribution >= 0.6 is 11.6 Å². The average Bonchev–Trinajstić information content (AvgIpc) is 2.96. The first-order chi connectivity index (χ1) is 13.3. The van der Waals surface area contributed by atoms with E-state index in [9.17, 15) is 0 Å². The van der Waals surface area contributed by atoms with E-state index in [2.05, 4.69) is 63.8 Å². The number of hydrogen-bond acceptors (Lipinski definition) is 3. The summed E-state index contributed by atoms with van der Waals surface area (Å²) < 4.78 is 2.01. The number of imidazole rings is 1. The van der Waals surface area contributed by atoms with Gasteiger partial charge < -0.3 is 15.2 Å². The van der Waals surface area contributed by atoms with Gasteiger partial charge in [-0.15, -0.1) is 0 Å². The number of nitrogen functional groups attached to an aromatic ring is 1. The maximum absolute atomic E-state index is 6.39. The lowest BCUT2D eigenvalue weighted by atomic mass is 9.90. The van der Waals surface area contributed by atoms with Crippen LogP contribution in [0.25, 0.3) is 22.2 Å². The molecule has 3 aromatic rings. The molecule has 5 heteroatoms. The molecule has 0 spiro atoms. The normalized spacial score (nSPS) is 11.6. The number of benzene rings is 2. The minimum absolute atomic E-state index is 0.392. The van der Waals surface area contributed by atoms with Crippen LogP contribution in [0.2, 0.25) is 5.02 Å². The maximum Gasteiger partial charge on any atom is 0.201 e. The van der Waals surface area contributed by atoms with Crippen LogP contribution in [0.15, 0.2) is 24.3 Å². The van der Waals surface area contributed by atoms with Crippen LogP contribution < -0.4 is 10.6 Å². The topological polar surface area (TPSA) is 47.1 Å². The van der Waals surface area contributed by atoms with Crippen molar-refractivity contribution in [3.05, 3.63) is 40.4 Å². The van der Waals surface area contributed by atoms with Crippen molar-refractivity contribution in [2.75, 3.05) is 17.2 Å². The van der Waals surface area contributed by atoms with E-state index in [-0.39, 0.29) is 0 Å². The van der Waals surface area contributed by atoms with Gasteiger partial charge >= 0.3 is 0 Å². The summed E-state index contributed by atoms with van der Waals surface area (Å²) in [5.41, 5.74) is 14.4. The number of fused-ring (bicyclic) bond motifs is 1. The number of nitrogens with zero attached hydrogens (tertiary/aromatic N) is 3. The predicted octanol–water partition coefficient (Wildman–Crippen LogP) is 5.84. The van der Waals surface area contributed by atoms with Crippen molar-refractivity contribution >= 4 is 34.3 Å². The zero-order valence-corrected chi connectivity index (χ0v) is 18.6. The third-order valence-corrected chi connectivity index (χ3v) is 5.82. The van der Waals surface area contributed by atoms with Gasteiger partial charge in [0.2, 0.25) is 5.95 Å². The highest BCUT2D eigenvalue weighted by atomic mass is 35.5. The summed E-state index contributed by atoms with van der Waals surface area (Å²) >= 11 is 6.39. The zero-order chi connectivity index (χ0) is 20.6. The molecule has 0 aliphatic rings. The van der Waals surface area contributed by atoms with Crippen molar-refractivity contribution < 1.29 is 0 Å². The lowest BCUT2D eigenvalue weighted by Gasteiger charge is -2.29. The second-order valence-electron chi connectivity index (χ2n) is 7.54. The Kier molecular flexibility index (Phi) is 5.90. The summed E-state index contributed by atoms with van der Waals surface area (Å²) in [5, 5.41) is 0.794. The van der Waals surface area contributed by atoms with Crippen molar-refractivity contribution in [3.8, 4) is 11.1 Å². The Hall–Kier alpha value is -2.20. The van der Waals surface area contributed by atoms with E-state index in [0.29, 0.717) is 12.0 Å². The SMILES string of the molecule is CCc1cc(Cl)cc(CC)c1-c1ccc(N(CC)C(C)C)c2c1nc(N)n2C. The molecule has 4 nitrogen and oxygen atoms in total. The molecule has 0 atom stereocenters. The standard InChI is InChI=1S/C23H31ClN4/c1-7-15-12-17(24)13-16(8-2)20(15)18-10-11-19(28(9-3)14(4)5)22-21(18)26-23(25)27(22)6/h10-14H,7-9H2,1-6H3,(H2,25,26). The number of hydrogen-bond donors (Lipinski definition) is 1. The third-order valence-electron chi connectivity index (χ3n) is 5.61. The molecule has 1 aromatic heterocycles. The van der Waals surface area contributed by atoms with Crippen molar-refractivity contribution in [1.29, 1.82) is 0 Å². The van der Waals surface area contributed by atoms with Gasteiger partial charge in [-0.25, -0.2) is 4.98 Å². The van der Waals surface area contributed by atoms with Crippen molar-refractivity contribution in [2.24, 2.45) is 7.05 Å². The number of aryl methyl sites for hydroxylation is 3. The van der Waals surface area contributed by atoms with Gasteiger partial charge in [-0.1, -0.05) is 25.4 Å². The molecule has 0 fully saturated rings. The Morgan fingerprint density at radius 3 is 2.21 bits per heavy atom. The Morgan fingerprint density at radius 2 is 1.71 bits per heavy atom. The molecular weight excluding hydrogens is 368 g/mol. The van der Waals surface area contributed by atoms with Crippen LogP contribution in [-0.2, 0) is 19.9 Å². The number of anilines is 2. The van der Waals surface area contributed by atoms with E-state index in [1.165, 1.54) is 22.4 Å². The molecular formula is C23H31ClN4. The molecule has 3 rings (SSSR count). The van der Waals surface area contributed by atoms with Crippen LogP contribution in [0.4, 0.5) is 11.6 Å². The fraction of sp³-hybridized carbons (Fsp3) is 0.435. The van der Waals surface area contributed by atoms with Gasteiger partial charge in [-0.3, -0.25) is 0 Å². The monoisotopic (exact) mass is 398 g/mol.